The Balaban J connectivity index is 2.23. The maximum atomic E-state index is 11.9. The van der Waals surface area contributed by atoms with Gasteiger partial charge in [-0.2, -0.15) is 0 Å². The molecule has 0 saturated carbocycles. The average Bonchev–Trinajstić information content (AvgIpc) is 2.86. The Morgan fingerprint density at radius 1 is 1.39 bits per heavy atom. The van der Waals surface area contributed by atoms with Crippen molar-refractivity contribution in [2.45, 2.75) is 26.8 Å². The SMILES string of the molecule is CCN1C(=O)S/C(=C/c2ccn(C(C)C)c2)C1=O. The number of hydrogen-bond acceptors (Lipinski definition) is 3. The van der Waals surface area contributed by atoms with E-state index in [0.29, 0.717) is 17.5 Å². The van der Waals surface area contributed by atoms with Crippen molar-refractivity contribution < 1.29 is 9.59 Å². The summed E-state index contributed by atoms with van der Waals surface area (Å²) in [5, 5.41) is -0.183. The van der Waals surface area contributed by atoms with Crippen molar-refractivity contribution in [3.63, 3.8) is 0 Å². The fourth-order valence-corrected chi connectivity index (χ4v) is 2.66. The van der Waals surface area contributed by atoms with E-state index < -0.39 is 0 Å². The third-order valence-electron chi connectivity index (χ3n) is 2.82. The highest BCUT2D eigenvalue weighted by molar-refractivity contribution is 8.18. The molecule has 0 bridgehead atoms. The zero-order chi connectivity index (χ0) is 13.3. The van der Waals surface area contributed by atoms with Crippen LogP contribution in [0.1, 0.15) is 32.4 Å². The molecule has 0 N–H and O–H groups in total. The number of carbonyl (C=O) groups excluding carboxylic acids is 2. The molecule has 1 aromatic rings. The second-order valence-electron chi connectivity index (χ2n) is 4.41. The molecule has 1 aliphatic rings. The topological polar surface area (TPSA) is 42.3 Å². The van der Waals surface area contributed by atoms with Crippen molar-refractivity contribution in [2.75, 3.05) is 6.54 Å². The Hall–Kier alpha value is -1.49. The van der Waals surface area contributed by atoms with Gasteiger partial charge in [0.05, 0.1) is 4.91 Å². The zero-order valence-corrected chi connectivity index (χ0v) is 11.5. The smallest absolute Gasteiger partial charge is 0.293 e. The Kier molecular flexibility index (Phi) is 3.61. The van der Waals surface area contributed by atoms with Crippen LogP contribution in [-0.4, -0.2) is 27.2 Å². The van der Waals surface area contributed by atoms with E-state index in [-0.39, 0.29) is 11.1 Å². The molecule has 0 unspecified atom stereocenters. The van der Waals surface area contributed by atoms with Crippen LogP contribution in [0.4, 0.5) is 4.79 Å². The normalized spacial score (nSPS) is 18.4. The van der Waals surface area contributed by atoms with Crippen molar-refractivity contribution in [2.24, 2.45) is 0 Å². The molecular formula is C13H16N2O2S. The summed E-state index contributed by atoms with van der Waals surface area (Å²) in [4.78, 5) is 25.2. The number of hydrogen-bond donors (Lipinski definition) is 0. The van der Waals surface area contributed by atoms with Gasteiger partial charge in [0.25, 0.3) is 11.1 Å². The molecular weight excluding hydrogens is 248 g/mol. The first-order chi connectivity index (χ1) is 8.52. The van der Waals surface area contributed by atoms with Gasteiger partial charge in [0, 0.05) is 25.0 Å². The Labute approximate surface area is 111 Å². The number of amides is 2. The lowest BCUT2D eigenvalue weighted by atomic mass is 10.3. The van der Waals surface area contributed by atoms with Gasteiger partial charge < -0.3 is 4.57 Å². The summed E-state index contributed by atoms with van der Waals surface area (Å²) < 4.78 is 2.07. The number of thioether (sulfide) groups is 1. The number of aromatic nitrogens is 1. The van der Waals surface area contributed by atoms with Gasteiger partial charge in [0.1, 0.15) is 0 Å². The second kappa shape index (κ2) is 5.02. The third-order valence-corrected chi connectivity index (χ3v) is 3.73. The van der Waals surface area contributed by atoms with Crippen molar-refractivity contribution in [1.29, 1.82) is 0 Å². The van der Waals surface area contributed by atoms with Gasteiger partial charge in [0.15, 0.2) is 0 Å². The molecule has 1 fully saturated rings. The van der Waals surface area contributed by atoms with Gasteiger partial charge in [-0.15, -0.1) is 0 Å². The predicted octanol–water partition coefficient (Wildman–Crippen LogP) is 3.13. The summed E-state index contributed by atoms with van der Waals surface area (Å²) in [6, 6.07) is 2.33. The van der Waals surface area contributed by atoms with Crippen LogP contribution in [0.5, 0.6) is 0 Å². The van der Waals surface area contributed by atoms with Gasteiger partial charge in [-0.1, -0.05) is 0 Å². The van der Waals surface area contributed by atoms with Crippen LogP contribution in [-0.2, 0) is 4.79 Å². The standard InChI is InChI=1S/C13H16N2O2S/c1-4-15-12(16)11(18-13(15)17)7-10-5-6-14(8-10)9(2)3/h5-9H,4H2,1-3H3/b11-7+. The molecule has 2 heterocycles. The van der Waals surface area contributed by atoms with E-state index in [2.05, 4.69) is 18.4 Å². The lowest BCUT2D eigenvalue weighted by molar-refractivity contribution is -0.122. The van der Waals surface area contributed by atoms with E-state index in [9.17, 15) is 9.59 Å². The number of rotatable bonds is 3. The molecule has 1 aliphatic heterocycles. The highest BCUT2D eigenvalue weighted by Crippen LogP contribution is 2.31. The van der Waals surface area contributed by atoms with Crippen LogP contribution in [0.3, 0.4) is 0 Å². The molecule has 1 aromatic heterocycles. The number of nitrogens with zero attached hydrogens (tertiary/aromatic N) is 2. The molecule has 0 aromatic carbocycles. The van der Waals surface area contributed by atoms with Crippen molar-refractivity contribution >= 4 is 29.0 Å². The van der Waals surface area contributed by atoms with E-state index >= 15 is 0 Å². The van der Waals surface area contributed by atoms with Crippen LogP contribution in [0.15, 0.2) is 23.4 Å². The minimum absolute atomic E-state index is 0.183. The van der Waals surface area contributed by atoms with Gasteiger partial charge >= 0.3 is 0 Å². The highest BCUT2D eigenvalue weighted by Gasteiger charge is 2.33. The fourth-order valence-electron chi connectivity index (χ4n) is 1.76. The third kappa shape index (κ3) is 2.36. The molecule has 2 rings (SSSR count). The minimum Gasteiger partial charge on any atom is -0.351 e. The molecule has 0 radical (unpaired) electrons. The number of likely N-dealkylation sites (N-methyl/N-ethyl adjacent to an activating group) is 1. The summed E-state index contributed by atoms with van der Waals surface area (Å²) in [5.41, 5.74) is 0.949. The fraction of sp³-hybridized carbons (Fsp3) is 0.385. The Bertz CT molecular complexity index is 517. The van der Waals surface area contributed by atoms with Gasteiger partial charge in [-0.25, -0.2) is 0 Å². The van der Waals surface area contributed by atoms with Crippen LogP contribution >= 0.6 is 11.8 Å². The Morgan fingerprint density at radius 3 is 2.61 bits per heavy atom. The summed E-state index contributed by atoms with van der Waals surface area (Å²) in [6.45, 7) is 6.41. The van der Waals surface area contributed by atoms with Gasteiger partial charge in [-0.05, 0) is 50.2 Å². The molecule has 96 valence electrons. The van der Waals surface area contributed by atoms with Crippen molar-refractivity contribution in [3.05, 3.63) is 28.9 Å². The maximum Gasteiger partial charge on any atom is 0.293 e. The van der Waals surface area contributed by atoms with E-state index in [4.69, 9.17) is 0 Å². The first-order valence-electron chi connectivity index (χ1n) is 5.95. The number of imide groups is 1. The van der Waals surface area contributed by atoms with Crippen LogP contribution in [0, 0.1) is 0 Å². The quantitative estimate of drug-likeness (QED) is 0.788. The van der Waals surface area contributed by atoms with E-state index in [1.54, 1.807) is 13.0 Å². The summed E-state index contributed by atoms with van der Waals surface area (Å²) in [7, 11) is 0. The first-order valence-corrected chi connectivity index (χ1v) is 6.77. The van der Waals surface area contributed by atoms with E-state index in [0.717, 1.165) is 17.3 Å². The molecule has 1 saturated heterocycles. The summed E-state index contributed by atoms with van der Waals surface area (Å²) in [5.74, 6) is -0.190. The lowest BCUT2D eigenvalue weighted by Gasteiger charge is -2.06. The lowest BCUT2D eigenvalue weighted by Crippen LogP contribution is -2.27. The predicted molar refractivity (Wildman–Crippen MR) is 73.2 cm³/mol. The second-order valence-corrected chi connectivity index (χ2v) is 5.40. The summed E-state index contributed by atoms with van der Waals surface area (Å²) in [6.07, 6.45) is 5.73. The van der Waals surface area contributed by atoms with E-state index in [1.165, 1.54) is 4.90 Å². The largest absolute Gasteiger partial charge is 0.351 e. The molecule has 2 amide bonds. The molecule has 0 atom stereocenters. The zero-order valence-electron chi connectivity index (χ0n) is 10.7. The molecule has 18 heavy (non-hydrogen) atoms. The van der Waals surface area contributed by atoms with Gasteiger partial charge in [-0.3, -0.25) is 14.5 Å². The number of carbonyl (C=O) groups is 2. The Morgan fingerprint density at radius 2 is 2.11 bits per heavy atom. The average molecular weight is 264 g/mol. The van der Waals surface area contributed by atoms with Crippen LogP contribution in [0.2, 0.25) is 0 Å². The van der Waals surface area contributed by atoms with Crippen LogP contribution < -0.4 is 0 Å². The minimum atomic E-state index is -0.190. The van der Waals surface area contributed by atoms with Gasteiger partial charge in [0.2, 0.25) is 0 Å². The molecule has 0 spiro atoms. The van der Waals surface area contributed by atoms with E-state index in [1.807, 2.05) is 18.5 Å². The highest BCUT2D eigenvalue weighted by atomic mass is 32.2. The molecule has 4 nitrogen and oxygen atoms in total. The van der Waals surface area contributed by atoms with Crippen LogP contribution in [0.25, 0.3) is 6.08 Å². The van der Waals surface area contributed by atoms with Crippen molar-refractivity contribution in [3.8, 4) is 0 Å². The maximum absolute atomic E-state index is 11.9. The monoisotopic (exact) mass is 264 g/mol. The molecule has 5 heteroatoms. The molecule has 0 aliphatic carbocycles. The van der Waals surface area contributed by atoms with Crippen molar-refractivity contribution in [1.82, 2.24) is 9.47 Å². The first kappa shape index (κ1) is 13.0. The summed E-state index contributed by atoms with van der Waals surface area (Å²) >= 11 is 1.01.